The third-order valence-corrected chi connectivity index (χ3v) is 5.38. The summed E-state index contributed by atoms with van der Waals surface area (Å²) in [5.41, 5.74) is 3.49. The minimum atomic E-state index is -0.165. The van der Waals surface area contributed by atoms with Crippen molar-refractivity contribution in [3.8, 4) is 5.75 Å². The van der Waals surface area contributed by atoms with Crippen LogP contribution < -0.4 is 9.64 Å². The normalized spacial score (nSPS) is 17.0. The molecule has 2 aromatic rings. The van der Waals surface area contributed by atoms with Gasteiger partial charge in [0.15, 0.2) is 0 Å². The maximum Gasteiger partial charge on any atom is 0.131 e. The molecule has 0 radical (unpaired) electrons. The van der Waals surface area contributed by atoms with Crippen LogP contribution in [0.15, 0.2) is 48.5 Å². The van der Waals surface area contributed by atoms with E-state index in [4.69, 9.17) is 4.74 Å². The summed E-state index contributed by atoms with van der Waals surface area (Å²) in [7, 11) is 1.68. The van der Waals surface area contributed by atoms with Crippen LogP contribution in [0.1, 0.15) is 62.7 Å². The van der Waals surface area contributed by atoms with Gasteiger partial charge in [-0.05, 0) is 35.7 Å². The van der Waals surface area contributed by atoms with E-state index in [2.05, 4.69) is 42.2 Å². The first-order valence-corrected chi connectivity index (χ1v) is 10.2. The van der Waals surface area contributed by atoms with Gasteiger partial charge in [-0.1, -0.05) is 69.4 Å². The van der Waals surface area contributed by atoms with Crippen molar-refractivity contribution in [1.29, 1.82) is 0 Å². The molecule has 0 aromatic heterocycles. The summed E-state index contributed by atoms with van der Waals surface area (Å²) < 4.78 is 5.29. The SMILES string of the molecule is CCCCCCCCN1c2ccccc2CN(O)C1c1ccc(OC)cc1. The van der Waals surface area contributed by atoms with E-state index in [-0.39, 0.29) is 6.17 Å². The highest BCUT2D eigenvalue weighted by Gasteiger charge is 2.32. The third-order valence-electron chi connectivity index (χ3n) is 5.38. The maximum absolute atomic E-state index is 10.8. The minimum Gasteiger partial charge on any atom is -0.497 e. The highest BCUT2D eigenvalue weighted by molar-refractivity contribution is 5.57. The molecule has 0 aliphatic carbocycles. The van der Waals surface area contributed by atoms with Crippen molar-refractivity contribution in [2.24, 2.45) is 0 Å². The van der Waals surface area contributed by atoms with Gasteiger partial charge < -0.3 is 14.8 Å². The average Bonchev–Trinajstić information content (AvgIpc) is 2.70. The zero-order valence-electron chi connectivity index (χ0n) is 16.6. The maximum atomic E-state index is 10.8. The lowest BCUT2D eigenvalue weighted by molar-refractivity contribution is -0.142. The fourth-order valence-corrected chi connectivity index (χ4v) is 3.91. The standard InChI is InChI=1S/C23H32N2O2/c1-3-4-5-6-7-10-17-24-22-12-9-8-11-20(22)18-25(26)23(24)19-13-15-21(27-2)16-14-19/h8-9,11-16,23,26H,3-7,10,17-18H2,1-2H3. The third kappa shape index (κ3) is 4.82. The molecule has 3 rings (SSSR count). The number of unbranched alkanes of at least 4 members (excludes halogenated alkanes) is 5. The van der Waals surface area contributed by atoms with Crippen molar-refractivity contribution >= 4 is 5.69 Å². The topological polar surface area (TPSA) is 35.9 Å². The number of benzene rings is 2. The molecular formula is C23H32N2O2. The van der Waals surface area contributed by atoms with Crippen LogP contribution in [0.25, 0.3) is 0 Å². The quantitative estimate of drug-likeness (QED) is 0.570. The van der Waals surface area contributed by atoms with E-state index < -0.39 is 0 Å². The first kappa shape index (κ1) is 19.7. The van der Waals surface area contributed by atoms with Crippen molar-refractivity contribution in [3.63, 3.8) is 0 Å². The molecule has 0 saturated carbocycles. The van der Waals surface area contributed by atoms with Crippen molar-refractivity contribution < 1.29 is 9.94 Å². The second-order valence-electron chi connectivity index (χ2n) is 7.33. The Morgan fingerprint density at radius 2 is 1.67 bits per heavy atom. The predicted molar refractivity (Wildman–Crippen MR) is 110 cm³/mol. The molecule has 0 spiro atoms. The average molecular weight is 369 g/mol. The Morgan fingerprint density at radius 1 is 0.963 bits per heavy atom. The van der Waals surface area contributed by atoms with Gasteiger partial charge in [-0.2, -0.15) is 5.06 Å². The molecule has 0 fully saturated rings. The lowest BCUT2D eigenvalue weighted by atomic mass is 10.0. The van der Waals surface area contributed by atoms with E-state index in [1.807, 2.05) is 18.2 Å². The summed E-state index contributed by atoms with van der Waals surface area (Å²) >= 11 is 0. The minimum absolute atomic E-state index is 0.165. The van der Waals surface area contributed by atoms with Crippen LogP contribution in [0, 0.1) is 0 Å². The van der Waals surface area contributed by atoms with Gasteiger partial charge in [-0.15, -0.1) is 0 Å². The highest BCUT2D eigenvalue weighted by Crippen LogP contribution is 2.38. The molecule has 146 valence electrons. The molecule has 4 nitrogen and oxygen atoms in total. The fraction of sp³-hybridized carbons (Fsp3) is 0.478. The molecular weight excluding hydrogens is 336 g/mol. The number of ether oxygens (including phenoxy) is 1. The predicted octanol–water partition coefficient (Wildman–Crippen LogP) is 5.77. The van der Waals surface area contributed by atoms with E-state index in [0.717, 1.165) is 24.3 Å². The van der Waals surface area contributed by atoms with Crippen molar-refractivity contribution in [2.45, 2.75) is 58.2 Å². The molecule has 0 bridgehead atoms. The molecule has 27 heavy (non-hydrogen) atoms. The van der Waals surface area contributed by atoms with Crippen LogP contribution in [0.5, 0.6) is 5.75 Å². The molecule has 2 aromatic carbocycles. The van der Waals surface area contributed by atoms with Crippen LogP contribution in [0.2, 0.25) is 0 Å². The summed E-state index contributed by atoms with van der Waals surface area (Å²) in [6.07, 6.45) is 7.42. The summed E-state index contributed by atoms with van der Waals surface area (Å²) in [5.74, 6) is 0.835. The van der Waals surface area contributed by atoms with Gasteiger partial charge in [0, 0.05) is 12.2 Å². The number of methoxy groups -OCH3 is 1. The molecule has 4 heteroatoms. The van der Waals surface area contributed by atoms with Gasteiger partial charge in [0.05, 0.1) is 13.7 Å². The number of para-hydroxylation sites is 1. The number of hydroxylamine groups is 2. The van der Waals surface area contributed by atoms with Gasteiger partial charge in [0.1, 0.15) is 11.9 Å². The summed E-state index contributed by atoms with van der Waals surface area (Å²) in [5, 5.41) is 12.3. The molecule has 1 atom stereocenters. The van der Waals surface area contributed by atoms with Gasteiger partial charge in [0.25, 0.3) is 0 Å². The number of rotatable bonds is 9. The van der Waals surface area contributed by atoms with Crippen molar-refractivity contribution in [1.82, 2.24) is 5.06 Å². The van der Waals surface area contributed by atoms with Gasteiger partial charge >= 0.3 is 0 Å². The van der Waals surface area contributed by atoms with Crippen LogP contribution in [0.4, 0.5) is 5.69 Å². The number of anilines is 1. The lowest BCUT2D eigenvalue weighted by Crippen LogP contribution is -2.44. The Bertz CT molecular complexity index is 702. The molecule has 0 amide bonds. The Labute approximate surface area is 163 Å². The Morgan fingerprint density at radius 3 is 2.41 bits per heavy atom. The van der Waals surface area contributed by atoms with Gasteiger partial charge in [-0.25, -0.2) is 0 Å². The first-order chi connectivity index (χ1) is 13.2. The second kappa shape index (κ2) is 9.77. The number of nitrogens with zero attached hydrogens (tertiary/aromatic N) is 2. The molecule has 1 aliphatic rings. The lowest BCUT2D eigenvalue weighted by Gasteiger charge is -2.43. The Kier molecular flexibility index (Phi) is 7.13. The van der Waals surface area contributed by atoms with Crippen molar-refractivity contribution in [2.75, 3.05) is 18.6 Å². The summed E-state index contributed by atoms with van der Waals surface area (Å²) in [6.45, 7) is 3.73. The highest BCUT2D eigenvalue weighted by atomic mass is 16.5. The van der Waals surface area contributed by atoms with Crippen LogP contribution in [-0.4, -0.2) is 23.9 Å². The van der Waals surface area contributed by atoms with Gasteiger partial charge in [0.2, 0.25) is 0 Å². The summed E-state index contributed by atoms with van der Waals surface area (Å²) in [4.78, 5) is 2.35. The zero-order valence-corrected chi connectivity index (χ0v) is 16.6. The van der Waals surface area contributed by atoms with Crippen LogP contribution >= 0.6 is 0 Å². The van der Waals surface area contributed by atoms with E-state index in [1.165, 1.54) is 48.4 Å². The van der Waals surface area contributed by atoms with E-state index in [0.29, 0.717) is 6.54 Å². The molecule has 1 N–H and O–H groups in total. The Hall–Kier alpha value is -2.04. The monoisotopic (exact) mass is 368 g/mol. The van der Waals surface area contributed by atoms with Crippen molar-refractivity contribution in [3.05, 3.63) is 59.7 Å². The van der Waals surface area contributed by atoms with E-state index in [1.54, 1.807) is 7.11 Å². The molecule has 1 unspecified atom stereocenters. The molecule has 0 saturated heterocycles. The Balaban J connectivity index is 1.78. The summed E-state index contributed by atoms with van der Waals surface area (Å²) in [6, 6.07) is 16.4. The number of hydrogen-bond acceptors (Lipinski definition) is 4. The molecule has 1 aliphatic heterocycles. The smallest absolute Gasteiger partial charge is 0.131 e. The van der Waals surface area contributed by atoms with E-state index >= 15 is 0 Å². The zero-order chi connectivity index (χ0) is 19.1. The van der Waals surface area contributed by atoms with Gasteiger partial charge in [-0.3, -0.25) is 0 Å². The first-order valence-electron chi connectivity index (χ1n) is 10.2. The largest absolute Gasteiger partial charge is 0.497 e. The van der Waals surface area contributed by atoms with Crippen LogP contribution in [0.3, 0.4) is 0 Å². The fourth-order valence-electron chi connectivity index (χ4n) is 3.91. The number of fused-ring (bicyclic) bond motifs is 1. The van der Waals surface area contributed by atoms with E-state index in [9.17, 15) is 5.21 Å². The van der Waals surface area contributed by atoms with Crippen LogP contribution in [-0.2, 0) is 6.54 Å². The molecule has 1 heterocycles. The second-order valence-corrected chi connectivity index (χ2v) is 7.33. The number of hydrogen-bond donors (Lipinski definition) is 1.